The maximum atomic E-state index is 12.7. The normalized spacial score (nSPS) is 15.0. The molecule has 8 nitrogen and oxygen atoms in total. The number of rotatable bonds is 7. The van der Waals surface area contributed by atoms with Gasteiger partial charge in [-0.05, 0) is 24.6 Å². The van der Waals surface area contributed by atoms with Crippen molar-refractivity contribution in [1.82, 2.24) is 15.5 Å². The minimum atomic E-state index is -1.25. The van der Waals surface area contributed by atoms with E-state index in [0.29, 0.717) is 17.7 Å². The Kier molecular flexibility index (Phi) is 8.14. The molecule has 0 bridgehead atoms. The van der Waals surface area contributed by atoms with E-state index in [0.717, 1.165) is 38.4 Å². The van der Waals surface area contributed by atoms with Crippen LogP contribution in [0, 0.1) is 0 Å². The fourth-order valence-electron chi connectivity index (χ4n) is 3.22. The molecule has 0 aliphatic carbocycles. The fourth-order valence-corrected chi connectivity index (χ4v) is 3.22. The monoisotopic (exact) mass is 425 g/mol. The van der Waals surface area contributed by atoms with Gasteiger partial charge in [0.2, 0.25) is 6.10 Å². The first kappa shape index (κ1) is 22.5. The third-order valence-corrected chi connectivity index (χ3v) is 4.84. The van der Waals surface area contributed by atoms with Crippen LogP contribution in [-0.2, 0) is 20.8 Å². The van der Waals surface area contributed by atoms with Crippen LogP contribution in [0.4, 0.5) is 4.79 Å². The minimum Gasteiger partial charge on any atom is -0.444 e. The summed E-state index contributed by atoms with van der Waals surface area (Å²) in [6, 6.07) is 15.1. The number of carbonyl (C=O) groups is 3. The first-order valence-electron chi connectivity index (χ1n) is 10.3. The third kappa shape index (κ3) is 6.63. The fraction of sp³-hybridized carbons (Fsp3) is 0.348. The SMILES string of the molecule is CCNC(=O)NC(=O)C(OC(=O)c1ccc(CN2CCOCC2)cc1)c1ccccc1. The summed E-state index contributed by atoms with van der Waals surface area (Å²) in [6.45, 7) is 6.09. The molecule has 0 spiro atoms. The van der Waals surface area contributed by atoms with Crippen LogP contribution in [0.25, 0.3) is 0 Å². The van der Waals surface area contributed by atoms with Crippen molar-refractivity contribution < 1.29 is 23.9 Å². The Labute approximate surface area is 181 Å². The maximum absolute atomic E-state index is 12.7. The Morgan fingerprint density at radius 1 is 1.03 bits per heavy atom. The zero-order valence-electron chi connectivity index (χ0n) is 17.5. The number of carbonyl (C=O) groups excluding carboxylic acids is 3. The zero-order valence-corrected chi connectivity index (χ0v) is 17.5. The number of nitrogens with one attached hydrogen (secondary N) is 2. The van der Waals surface area contributed by atoms with Crippen LogP contribution in [0.3, 0.4) is 0 Å². The molecule has 0 radical (unpaired) electrons. The predicted octanol–water partition coefficient (Wildman–Crippen LogP) is 2.26. The Bertz CT molecular complexity index is 880. The molecule has 2 N–H and O–H groups in total. The first-order valence-corrected chi connectivity index (χ1v) is 10.3. The maximum Gasteiger partial charge on any atom is 0.339 e. The molecule has 1 atom stereocenters. The van der Waals surface area contributed by atoms with Gasteiger partial charge in [0.25, 0.3) is 5.91 Å². The number of amides is 3. The van der Waals surface area contributed by atoms with E-state index >= 15 is 0 Å². The number of urea groups is 1. The summed E-state index contributed by atoms with van der Waals surface area (Å²) in [5.74, 6) is -1.35. The summed E-state index contributed by atoms with van der Waals surface area (Å²) in [7, 11) is 0. The molecular weight excluding hydrogens is 398 g/mol. The summed E-state index contributed by atoms with van der Waals surface area (Å²) in [5, 5.41) is 4.69. The van der Waals surface area contributed by atoms with Crippen LogP contribution >= 0.6 is 0 Å². The minimum absolute atomic E-state index is 0.331. The second-order valence-corrected chi connectivity index (χ2v) is 7.13. The number of morpholine rings is 1. The molecule has 0 saturated carbocycles. The molecule has 1 unspecified atom stereocenters. The lowest BCUT2D eigenvalue weighted by atomic mass is 10.1. The largest absolute Gasteiger partial charge is 0.444 e. The highest BCUT2D eigenvalue weighted by Crippen LogP contribution is 2.20. The smallest absolute Gasteiger partial charge is 0.339 e. The molecule has 1 aliphatic rings. The van der Waals surface area contributed by atoms with E-state index in [9.17, 15) is 14.4 Å². The highest BCUT2D eigenvalue weighted by Gasteiger charge is 2.27. The van der Waals surface area contributed by atoms with Crippen LogP contribution < -0.4 is 10.6 Å². The van der Waals surface area contributed by atoms with Gasteiger partial charge in [-0.3, -0.25) is 15.0 Å². The van der Waals surface area contributed by atoms with Gasteiger partial charge in [-0.15, -0.1) is 0 Å². The van der Waals surface area contributed by atoms with E-state index in [1.54, 1.807) is 49.4 Å². The van der Waals surface area contributed by atoms with E-state index in [-0.39, 0.29) is 0 Å². The van der Waals surface area contributed by atoms with Gasteiger partial charge < -0.3 is 14.8 Å². The second-order valence-electron chi connectivity index (χ2n) is 7.13. The molecule has 0 aromatic heterocycles. The lowest BCUT2D eigenvalue weighted by Gasteiger charge is -2.26. The number of imide groups is 1. The van der Waals surface area contributed by atoms with Crippen LogP contribution in [0.1, 0.15) is 34.5 Å². The number of benzene rings is 2. The number of ether oxygens (including phenoxy) is 2. The molecule has 1 aliphatic heterocycles. The van der Waals surface area contributed by atoms with Gasteiger partial charge in [-0.2, -0.15) is 0 Å². The van der Waals surface area contributed by atoms with E-state index < -0.39 is 24.0 Å². The van der Waals surface area contributed by atoms with E-state index in [1.807, 2.05) is 12.1 Å². The molecule has 164 valence electrons. The summed E-state index contributed by atoms with van der Waals surface area (Å²) in [4.78, 5) is 39.4. The van der Waals surface area contributed by atoms with E-state index in [4.69, 9.17) is 9.47 Å². The van der Waals surface area contributed by atoms with Crippen molar-refractivity contribution >= 4 is 17.9 Å². The van der Waals surface area contributed by atoms with Crippen molar-refractivity contribution in [3.05, 3.63) is 71.3 Å². The molecule has 8 heteroatoms. The highest BCUT2D eigenvalue weighted by molar-refractivity contribution is 5.99. The van der Waals surface area contributed by atoms with Crippen LogP contribution in [0.5, 0.6) is 0 Å². The number of hydrogen-bond acceptors (Lipinski definition) is 6. The molecular formula is C23H27N3O5. The average molecular weight is 425 g/mol. The topological polar surface area (TPSA) is 97.0 Å². The van der Waals surface area contributed by atoms with Crippen molar-refractivity contribution in [3.8, 4) is 0 Å². The van der Waals surface area contributed by atoms with Gasteiger partial charge in [0.15, 0.2) is 0 Å². The van der Waals surface area contributed by atoms with Crippen molar-refractivity contribution in [2.75, 3.05) is 32.8 Å². The molecule has 1 saturated heterocycles. The van der Waals surface area contributed by atoms with Gasteiger partial charge in [-0.25, -0.2) is 9.59 Å². The number of hydrogen-bond donors (Lipinski definition) is 2. The Morgan fingerprint density at radius 2 is 1.71 bits per heavy atom. The van der Waals surface area contributed by atoms with Gasteiger partial charge in [-0.1, -0.05) is 42.5 Å². The lowest BCUT2D eigenvalue weighted by Crippen LogP contribution is -2.42. The van der Waals surface area contributed by atoms with Crippen LogP contribution in [0.15, 0.2) is 54.6 Å². The van der Waals surface area contributed by atoms with Crippen LogP contribution in [-0.4, -0.2) is 55.7 Å². The van der Waals surface area contributed by atoms with Crippen molar-refractivity contribution in [1.29, 1.82) is 0 Å². The number of esters is 1. The Hall–Kier alpha value is -3.23. The van der Waals surface area contributed by atoms with Crippen molar-refractivity contribution in [2.24, 2.45) is 0 Å². The molecule has 31 heavy (non-hydrogen) atoms. The summed E-state index contributed by atoms with van der Waals surface area (Å²) < 4.78 is 10.9. The van der Waals surface area contributed by atoms with Crippen molar-refractivity contribution in [3.63, 3.8) is 0 Å². The average Bonchev–Trinajstić information content (AvgIpc) is 2.79. The van der Waals surface area contributed by atoms with Gasteiger partial charge >= 0.3 is 12.0 Å². The second kappa shape index (κ2) is 11.2. The third-order valence-electron chi connectivity index (χ3n) is 4.84. The van der Waals surface area contributed by atoms with Crippen LogP contribution in [0.2, 0.25) is 0 Å². The van der Waals surface area contributed by atoms with E-state index in [1.165, 1.54) is 0 Å². The summed E-state index contributed by atoms with van der Waals surface area (Å²) in [6.07, 6.45) is -1.25. The quantitative estimate of drug-likeness (QED) is 0.661. The predicted molar refractivity (Wildman–Crippen MR) is 114 cm³/mol. The number of nitrogens with zero attached hydrogens (tertiary/aromatic N) is 1. The Morgan fingerprint density at radius 3 is 2.35 bits per heavy atom. The van der Waals surface area contributed by atoms with Gasteiger partial charge in [0, 0.05) is 31.7 Å². The molecule has 1 fully saturated rings. The Balaban J connectivity index is 1.67. The van der Waals surface area contributed by atoms with Crippen molar-refractivity contribution in [2.45, 2.75) is 19.6 Å². The lowest BCUT2D eigenvalue weighted by molar-refractivity contribution is -0.129. The molecule has 1 heterocycles. The van der Waals surface area contributed by atoms with Gasteiger partial charge in [0.05, 0.1) is 18.8 Å². The molecule has 3 amide bonds. The summed E-state index contributed by atoms with van der Waals surface area (Å²) in [5.41, 5.74) is 1.88. The summed E-state index contributed by atoms with van der Waals surface area (Å²) >= 11 is 0. The molecule has 3 rings (SSSR count). The van der Waals surface area contributed by atoms with Gasteiger partial charge in [0.1, 0.15) is 0 Å². The first-order chi connectivity index (χ1) is 15.1. The molecule has 2 aromatic carbocycles. The standard InChI is InChI=1S/C23H27N3O5/c1-2-24-23(29)25-21(27)20(18-6-4-3-5-7-18)31-22(28)19-10-8-17(9-11-19)16-26-12-14-30-15-13-26/h3-11,20H,2,12-16H2,1H3,(H2,24,25,27,29). The zero-order chi connectivity index (χ0) is 22.1. The molecule has 2 aromatic rings. The highest BCUT2D eigenvalue weighted by atomic mass is 16.5. The van der Waals surface area contributed by atoms with E-state index in [2.05, 4.69) is 15.5 Å².